The summed E-state index contributed by atoms with van der Waals surface area (Å²) >= 11 is 0. The lowest BCUT2D eigenvalue weighted by molar-refractivity contribution is 0.436. The lowest BCUT2D eigenvalue weighted by Gasteiger charge is -2.39. The Morgan fingerprint density at radius 3 is 1.36 bits per heavy atom. The van der Waals surface area contributed by atoms with Gasteiger partial charge in [0, 0.05) is 27.8 Å². The molecule has 0 N–H and O–H groups in total. The van der Waals surface area contributed by atoms with Crippen LogP contribution in [0, 0.1) is 0 Å². The third kappa shape index (κ3) is 5.05. The summed E-state index contributed by atoms with van der Waals surface area (Å²) in [5, 5.41) is 0. The van der Waals surface area contributed by atoms with Gasteiger partial charge in [-0.05, 0) is 87.0 Å². The molecule has 56 heavy (non-hydrogen) atoms. The van der Waals surface area contributed by atoms with Gasteiger partial charge >= 0.3 is 0 Å². The first-order chi connectivity index (χ1) is 27.7. The number of benzene rings is 8. The highest BCUT2D eigenvalue weighted by molar-refractivity contribution is 5.89. The quantitative estimate of drug-likeness (QED) is 0.178. The second kappa shape index (κ2) is 12.9. The molecule has 1 aliphatic carbocycles. The molecule has 2 heterocycles. The maximum atomic E-state index is 6.74. The van der Waals surface area contributed by atoms with Crippen molar-refractivity contribution in [2.75, 3.05) is 0 Å². The summed E-state index contributed by atoms with van der Waals surface area (Å²) in [5.41, 5.74) is 15.9. The van der Waals surface area contributed by atoms with E-state index in [1.807, 2.05) is 0 Å². The summed E-state index contributed by atoms with van der Waals surface area (Å²) in [7, 11) is 0. The molecule has 0 saturated heterocycles. The van der Waals surface area contributed by atoms with E-state index in [1.165, 1.54) is 22.3 Å². The van der Waals surface area contributed by atoms with E-state index in [1.54, 1.807) is 0 Å². The maximum absolute atomic E-state index is 6.74. The van der Waals surface area contributed by atoms with Crippen LogP contribution in [0.2, 0.25) is 0 Å². The molecule has 262 valence electrons. The van der Waals surface area contributed by atoms with Crippen LogP contribution >= 0.6 is 0 Å². The van der Waals surface area contributed by atoms with Crippen LogP contribution in [0.1, 0.15) is 22.3 Å². The van der Waals surface area contributed by atoms with Gasteiger partial charge < -0.3 is 4.74 Å². The zero-order valence-electron chi connectivity index (χ0n) is 30.4. The van der Waals surface area contributed by atoms with E-state index >= 15 is 0 Å². The maximum Gasteiger partial charge on any atom is 0.160 e. The summed E-state index contributed by atoms with van der Waals surface area (Å²) in [6.45, 7) is 0. The Labute approximate surface area is 326 Å². The molecule has 0 unspecified atom stereocenters. The molecule has 3 nitrogen and oxygen atoms in total. The van der Waals surface area contributed by atoms with Gasteiger partial charge in [-0.1, -0.05) is 164 Å². The number of aromatic nitrogens is 2. The van der Waals surface area contributed by atoms with Gasteiger partial charge in [0.2, 0.25) is 0 Å². The summed E-state index contributed by atoms with van der Waals surface area (Å²) in [4.78, 5) is 10.7. The van der Waals surface area contributed by atoms with Gasteiger partial charge in [-0.25, -0.2) is 9.97 Å². The number of hydrogen-bond donors (Lipinski definition) is 0. The Kier molecular flexibility index (Phi) is 7.39. The largest absolute Gasteiger partial charge is 0.457 e. The fraction of sp³-hybridized carbons (Fsp3) is 0.0189. The second-order valence-corrected chi connectivity index (χ2v) is 14.5. The summed E-state index contributed by atoms with van der Waals surface area (Å²) in [6.07, 6.45) is 0. The van der Waals surface area contributed by atoms with E-state index in [4.69, 9.17) is 14.7 Å². The topological polar surface area (TPSA) is 35.0 Å². The molecule has 9 aromatic rings. The third-order valence-corrected chi connectivity index (χ3v) is 11.4. The summed E-state index contributed by atoms with van der Waals surface area (Å²) in [6, 6.07) is 73.0. The smallest absolute Gasteiger partial charge is 0.160 e. The number of hydrogen-bond acceptors (Lipinski definition) is 3. The predicted octanol–water partition coefficient (Wildman–Crippen LogP) is 13.3. The molecule has 0 radical (unpaired) electrons. The zero-order valence-corrected chi connectivity index (χ0v) is 30.4. The van der Waals surface area contributed by atoms with Crippen LogP contribution in [-0.2, 0) is 5.41 Å². The summed E-state index contributed by atoms with van der Waals surface area (Å²) < 4.78 is 6.74. The lowest BCUT2D eigenvalue weighted by Crippen LogP contribution is -2.32. The van der Waals surface area contributed by atoms with Crippen molar-refractivity contribution in [3.8, 4) is 78.8 Å². The predicted molar refractivity (Wildman–Crippen MR) is 227 cm³/mol. The van der Waals surface area contributed by atoms with Crippen molar-refractivity contribution in [2.45, 2.75) is 5.41 Å². The summed E-state index contributed by atoms with van der Waals surface area (Å²) in [5.74, 6) is 2.36. The average molecular weight is 715 g/mol. The van der Waals surface area contributed by atoms with E-state index in [0.717, 1.165) is 73.0 Å². The minimum atomic E-state index is -0.582. The molecule has 8 aromatic carbocycles. The molecule has 11 rings (SSSR count). The van der Waals surface area contributed by atoms with Gasteiger partial charge in [0.1, 0.15) is 11.5 Å². The van der Waals surface area contributed by atoms with E-state index in [2.05, 4.69) is 206 Å². The van der Waals surface area contributed by atoms with Gasteiger partial charge in [-0.3, -0.25) is 0 Å². The first-order valence-electron chi connectivity index (χ1n) is 19.1. The number of ether oxygens (including phenoxy) is 1. The molecule has 3 heteroatoms. The normalized spacial score (nSPS) is 12.9. The Hall–Kier alpha value is -7.36. The van der Waals surface area contributed by atoms with Gasteiger partial charge in [0.15, 0.2) is 5.82 Å². The van der Waals surface area contributed by atoms with Crippen LogP contribution in [0.25, 0.3) is 67.3 Å². The van der Waals surface area contributed by atoms with Crippen molar-refractivity contribution in [3.05, 3.63) is 229 Å². The van der Waals surface area contributed by atoms with Crippen LogP contribution in [0.15, 0.2) is 206 Å². The van der Waals surface area contributed by atoms with Crippen molar-refractivity contribution in [1.82, 2.24) is 9.97 Å². The zero-order chi connectivity index (χ0) is 37.1. The van der Waals surface area contributed by atoms with Crippen molar-refractivity contribution in [1.29, 1.82) is 0 Å². The Morgan fingerprint density at radius 2 is 0.768 bits per heavy atom. The Bertz CT molecular complexity index is 2800. The Morgan fingerprint density at radius 1 is 0.304 bits per heavy atom. The first kappa shape index (κ1) is 32.1. The standard InChI is InChI=1S/C53H34N2O/c1-3-15-35(16-4-1)37-19-13-21-39(31-37)48-34-49(40-22-14-20-38(32-40)36-17-5-2-6-18-36)55-52(54-48)41-29-30-51-47(33-41)53(46-27-11-12-28-50(46)56-51)44-25-9-7-23-42(44)43-24-8-10-26-45(43)53/h1-34H. The van der Waals surface area contributed by atoms with Crippen LogP contribution < -0.4 is 4.74 Å². The first-order valence-corrected chi connectivity index (χ1v) is 19.1. The molecule has 0 amide bonds. The van der Waals surface area contributed by atoms with Crippen molar-refractivity contribution < 1.29 is 4.74 Å². The van der Waals surface area contributed by atoms with E-state index in [-0.39, 0.29) is 0 Å². The van der Waals surface area contributed by atoms with Crippen LogP contribution in [0.3, 0.4) is 0 Å². The van der Waals surface area contributed by atoms with E-state index < -0.39 is 5.41 Å². The second-order valence-electron chi connectivity index (χ2n) is 14.5. The molecular formula is C53H34N2O. The number of fused-ring (bicyclic) bond motifs is 9. The molecular weight excluding hydrogens is 681 g/mol. The van der Waals surface area contributed by atoms with E-state index in [0.29, 0.717) is 5.82 Å². The van der Waals surface area contributed by atoms with Crippen molar-refractivity contribution in [3.63, 3.8) is 0 Å². The number of para-hydroxylation sites is 1. The van der Waals surface area contributed by atoms with Gasteiger partial charge in [0.05, 0.1) is 16.8 Å². The van der Waals surface area contributed by atoms with Gasteiger partial charge in [-0.15, -0.1) is 0 Å². The lowest BCUT2D eigenvalue weighted by atomic mass is 9.66. The molecule has 0 fully saturated rings. The fourth-order valence-corrected chi connectivity index (χ4v) is 8.84. The molecule has 1 aliphatic heterocycles. The van der Waals surface area contributed by atoms with Crippen LogP contribution in [0.5, 0.6) is 11.5 Å². The Balaban J connectivity index is 1.14. The highest BCUT2D eigenvalue weighted by Crippen LogP contribution is 2.62. The minimum absolute atomic E-state index is 0.582. The SMILES string of the molecule is c1ccc(-c2cccc(-c3cc(-c4cccc(-c5ccccc5)c4)nc(-c4ccc5c(c4)C4(c6ccccc6O5)c5ccccc5-c5ccccc54)n3)c2)cc1. The van der Waals surface area contributed by atoms with E-state index in [9.17, 15) is 0 Å². The third-order valence-electron chi connectivity index (χ3n) is 11.4. The number of rotatable bonds is 5. The van der Waals surface area contributed by atoms with Gasteiger partial charge in [0.25, 0.3) is 0 Å². The molecule has 2 aliphatic rings. The average Bonchev–Trinajstić information content (AvgIpc) is 3.57. The molecule has 0 bridgehead atoms. The van der Waals surface area contributed by atoms with Crippen molar-refractivity contribution >= 4 is 0 Å². The molecule has 0 atom stereocenters. The number of nitrogens with zero attached hydrogens (tertiary/aromatic N) is 2. The van der Waals surface area contributed by atoms with Crippen molar-refractivity contribution in [2.24, 2.45) is 0 Å². The monoisotopic (exact) mass is 714 g/mol. The fourth-order valence-electron chi connectivity index (χ4n) is 8.84. The highest BCUT2D eigenvalue weighted by atomic mass is 16.5. The molecule has 1 aromatic heterocycles. The minimum Gasteiger partial charge on any atom is -0.457 e. The molecule has 0 saturated carbocycles. The highest BCUT2D eigenvalue weighted by Gasteiger charge is 2.51. The van der Waals surface area contributed by atoms with Crippen LogP contribution in [0.4, 0.5) is 0 Å². The van der Waals surface area contributed by atoms with Gasteiger partial charge in [-0.2, -0.15) is 0 Å². The molecule has 1 spiro atoms. The van der Waals surface area contributed by atoms with Crippen LogP contribution in [-0.4, -0.2) is 9.97 Å².